The van der Waals surface area contributed by atoms with Crippen molar-refractivity contribution in [1.29, 1.82) is 0 Å². The van der Waals surface area contributed by atoms with Gasteiger partial charge in [-0.05, 0) is 25.1 Å². The monoisotopic (exact) mass is 251 g/mol. The largest absolute Gasteiger partial charge is 0.480 e. The van der Waals surface area contributed by atoms with Crippen LogP contribution in [0.15, 0.2) is 18.2 Å². The van der Waals surface area contributed by atoms with Crippen LogP contribution >= 0.6 is 0 Å². The highest BCUT2D eigenvalue weighted by Gasteiger charge is 2.38. The summed E-state index contributed by atoms with van der Waals surface area (Å²) in [4.78, 5) is 10.9. The molecule has 0 heterocycles. The Morgan fingerprint density at radius 1 is 1.41 bits per heavy atom. The minimum atomic E-state index is -4.58. The Bertz CT molecular complexity index is 431. The Morgan fingerprint density at radius 2 is 2.00 bits per heavy atom. The molecule has 0 spiro atoms. The van der Waals surface area contributed by atoms with Gasteiger partial charge in [-0.2, -0.15) is 13.2 Å². The summed E-state index contributed by atoms with van der Waals surface area (Å²) >= 11 is 0. The Kier molecular flexibility index (Phi) is 3.59. The SMILES string of the molecule is CC(Oc1ccc(F)cc1C(N)=O)C(F)(F)F. The maximum Gasteiger partial charge on any atom is 0.425 e. The van der Waals surface area contributed by atoms with Crippen LogP contribution in [0.25, 0.3) is 0 Å². The third-order valence-corrected chi connectivity index (χ3v) is 1.97. The first-order chi connectivity index (χ1) is 7.71. The molecule has 1 aromatic carbocycles. The van der Waals surface area contributed by atoms with E-state index in [4.69, 9.17) is 5.73 Å². The second-order valence-electron chi connectivity index (χ2n) is 3.31. The highest BCUT2D eigenvalue weighted by Crippen LogP contribution is 2.27. The third kappa shape index (κ3) is 3.33. The van der Waals surface area contributed by atoms with E-state index in [0.29, 0.717) is 0 Å². The third-order valence-electron chi connectivity index (χ3n) is 1.97. The summed E-state index contributed by atoms with van der Waals surface area (Å²) in [5.41, 5.74) is 4.47. The van der Waals surface area contributed by atoms with Crippen LogP contribution in [0.5, 0.6) is 5.75 Å². The molecule has 0 saturated carbocycles. The van der Waals surface area contributed by atoms with Crippen molar-refractivity contribution in [2.45, 2.75) is 19.2 Å². The van der Waals surface area contributed by atoms with E-state index in [2.05, 4.69) is 4.74 Å². The number of carbonyl (C=O) groups is 1. The summed E-state index contributed by atoms with van der Waals surface area (Å²) in [5, 5.41) is 0. The maximum atomic E-state index is 12.8. The summed E-state index contributed by atoms with van der Waals surface area (Å²) in [6.45, 7) is 0.772. The zero-order valence-corrected chi connectivity index (χ0v) is 8.72. The van der Waals surface area contributed by atoms with Gasteiger partial charge in [0.2, 0.25) is 0 Å². The minimum Gasteiger partial charge on any atom is -0.480 e. The quantitative estimate of drug-likeness (QED) is 0.837. The Morgan fingerprint density at radius 3 is 2.47 bits per heavy atom. The number of primary amides is 1. The first kappa shape index (κ1) is 13.3. The average Bonchev–Trinajstić information content (AvgIpc) is 2.18. The van der Waals surface area contributed by atoms with Crippen molar-refractivity contribution >= 4 is 5.91 Å². The summed E-state index contributed by atoms with van der Waals surface area (Å²) in [7, 11) is 0. The van der Waals surface area contributed by atoms with Crippen molar-refractivity contribution in [1.82, 2.24) is 0 Å². The number of alkyl halides is 3. The van der Waals surface area contributed by atoms with Crippen LogP contribution in [0.3, 0.4) is 0 Å². The molecule has 1 aromatic rings. The van der Waals surface area contributed by atoms with Crippen LogP contribution in [-0.4, -0.2) is 18.2 Å². The zero-order chi connectivity index (χ0) is 13.2. The lowest BCUT2D eigenvalue weighted by atomic mass is 10.2. The summed E-state index contributed by atoms with van der Waals surface area (Å²) in [5.74, 6) is -2.25. The fourth-order valence-electron chi connectivity index (χ4n) is 1.05. The van der Waals surface area contributed by atoms with Gasteiger partial charge in [-0.25, -0.2) is 4.39 Å². The van der Waals surface area contributed by atoms with E-state index in [1.54, 1.807) is 0 Å². The molecule has 0 aliphatic carbocycles. The molecule has 7 heteroatoms. The fraction of sp³-hybridized carbons (Fsp3) is 0.300. The molecule has 17 heavy (non-hydrogen) atoms. The van der Waals surface area contributed by atoms with E-state index in [9.17, 15) is 22.4 Å². The predicted octanol–water partition coefficient (Wildman–Crippen LogP) is 2.25. The molecule has 94 valence electrons. The van der Waals surface area contributed by atoms with Crippen LogP contribution in [0.4, 0.5) is 17.6 Å². The van der Waals surface area contributed by atoms with Gasteiger partial charge in [-0.15, -0.1) is 0 Å². The number of benzene rings is 1. The number of nitrogens with two attached hydrogens (primary N) is 1. The molecule has 2 N–H and O–H groups in total. The summed E-state index contributed by atoms with van der Waals surface area (Å²) in [6.07, 6.45) is -6.70. The molecule has 0 bridgehead atoms. The van der Waals surface area contributed by atoms with Crippen molar-refractivity contribution in [2.24, 2.45) is 5.73 Å². The van der Waals surface area contributed by atoms with Gasteiger partial charge in [-0.1, -0.05) is 0 Å². The maximum absolute atomic E-state index is 12.8. The summed E-state index contributed by atoms with van der Waals surface area (Å²) in [6, 6.07) is 2.53. The van der Waals surface area contributed by atoms with Gasteiger partial charge in [0, 0.05) is 0 Å². The number of hydrogen-bond acceptors (Lipinski definition) is 2. The van der Waals surface area contributed by atoms with E-state index in [1.807, 2.05) is 0 Å². The number of halogens is 4. The molecular weight excluding hydrogens is 242 g/mol. The molecule has 0 aliphatic heterocycles. The van der Waals surface area contributed by atoms with Crippen molar-refractivity contribution in [3.63, 3.8) is 0 Å². The number of ether oxygens (including phenoxy) is 1. The van der Waals surface area contributed by atoms with Gasteiger partial charge < -0.3 is 10.5 Å². The lowest BCUT2D eigenvalue weighted by Crippen LogP contribution is -2.32. The molecule has 1 amide bonds. The highest BCUT2D eigenvalue weighted by atomic mass is 19.4. The van der Waals surface area contributed by atoms with E-state index < -0.39 is 35.3 Å². The molecule has 0 radical (unpaired) electrons. The zero-order valence-electron chi connectivity index (χ0n) is 8.72. The first-order valence-corrected chi connectivity index (χ1v) is 4.54. The molecule has 3 nitrogen and oxygen atoms in total. The molecular formula is C10H9F4NO2. The van der Waals surface area contributed by atoms with Crippen LogP contribution in [0, 0.1) is 5.82 Å². The van der Waals surface area contributed by atoms with Crippen molar-refractivity contribution in [2.75, 3.05) is 0 Å². The molecule has 1 unspecified atom stereocenters. The van der Waals surface area contributed by atoms with E-state index in [-0.39, 0.29) is 0 Å². The number of rotatable bonds is 3. The van der Waals surface area contributed by atoms with Crippen LogP contribution in [-0.2, 0) is 0 Å². The lowest BCUT2D eigenvalue weighted by Gasteiger charge is -2.18. The first-order valence-electron chi connectivity index (χ1n) is 4.54. The molecule has 0 aliphatic rings. The van der Waals surface area contributed by atoms with Crippen LogP contribution < -0.4 is 10.5 Å². The standard InChI is InChI=1S/C10H9F4NO2/c1-5(10(12,13)14)17-8-3-2-6(11)4-7(8)9(15)16/h2-5H,1H3,(H2,15,16). The highest BCUT2D eigenvalue weighted by molar-refractivity contribution is 5.95. The topological polar surface area (TPSA) is 52.3 Å². The fourth-order valence-corrected chi connectivity index (χ4v) is 1.05. The van der Waals surface area contributed by atoms with Gasteiger partial charge in [0.05, 0.1) is 5.56 Å². The second-order valence-corrected chi connectivity index (χ2v) is 3.31. The lowest BCUT2D eigenvalue weighted by molar-refractivity contribution is -0.189. The number of carbonyl (C=O) groups excluding carboxylic acids is 1. The molecule has 0 aromatic heterocycles. The van der Waals surface area contributed by atoms with Crippen LogP contribution in [0.1, 0.15) is 17.3 Å². The molecule has 0 fully saturated rings. The van der Waals surface area contributed by atoms with Gasteiger partial charge >= 0.3 is 6.18 Å². The Balaban J connectivity index is 3.03. The van der Waals surface area contributed by atoms with Crippen molar-refractivity contribution in [3.8, 4) is 5.75 Å². The van der Waals surface area contributed by atoms with E-state index in [0.717, 1.165) is 25.1 Å². The molecule has 1 rings (SSSR count). The van der Waals surface area contributed by atoms with E-state index >= 15 is 0 Å². The second kappa shape index (κ2) is 4.60. The normalized spacial score (nSPS) is 13.2. The van der Waals surface area contributed by atoms with Crippen molar-refractivity contribution in [3.05, 3.63) is 29.6 Å². The van der Waals surface area contributed by atoms with Crippen molar-refractivity contribution < 1.29 is 27.1 Å². The number of amides is 1. The van der Waals surface area contributed by atoms with Gasteiger partial charge in [0.1, 0.15) is 11.6 Å². The van der Waals surface area contributed by atoms with Gasteiger partial charge in [0.15, 0.2) is 6.10 Å². The van der Waals surface area contributed by atoms with Gasteiger partial charge in [0.25, 0.3) is 5.91 Å². The van der Waals surface area contributed by atoms with Crippen LogP contribution in [0.2, 0.25) is 0 Å². The Hall–Kier alpha value is -1.79. The minimum absolute atomic E-state index is 0.399. The summed E-state index contributed by atoms with van der Waals surface area (Å²) < 4.78 is 54.0. The number of hydrogen-bond donors (Lipinski definition) is 1. The van der Waals surface area contributed by atoms with E-state index in [1.165, 1.54) is 0 Å². The smallest absolute Gasteiger partial charge is 0.425 e. The van der Waals surface area contributed by atoms with Gasteiger partial charge in [-0.3, -0.25) is 4.79 Å². The average molecular weight is 251 g/mol. The molecule has 0 saturated heterocycles. The Labute approximate surface area is 94.2 Å². The predicted molar refractivity (Wildman–Crippen MR) is 51.1 cm³/mol. The molecule has 1 atom stereocenters.